The number of nitrogen functional groups attached to an aromatic ring is 1. The van der Waals surface area contributed by atoms with Crippen LogP contribution in [-0.2, 0) is 22.6 Å². The minimum Gasteiger partial charge on any atom is -0.462 e. The Labute approximate surface area is 121 Å². The molecule has 0 saturated carbocycles. The molecule has 0 aliphatic rings. The molecule has 0 aliphatic carbocycles. The first kappa shape index (κ1) is 14.8. The molecular weight excluding hydrogens is 272 g/mol. The fourth-order valence-corrected chi connectivity index (χ4v) is 1.94. The molecule has 0 spiro atoms. The third-order valence-electron chi connectivity index (χ3n) is 3.21. The molecule has 0 amide bonds. The van der Waals surface area contributed by atoms with Crippen LogP contribution in [0.25, 0.3) is 0 Å². The fourth-order valence-electron chi connectivity index (χ4n) is 1.94. The van der Waals surface area contributed by atoms with Gasteiger partial charge in [-0.15, -0.1) is 0 Å². The Kier molecular flexibility index (Phi) is 4.42. The van der Waals surface area contributed by atoms with Crippen molar-refractivity contribution in [3.05, 3.63) is 46.1 Å². The third-order valence-corrected chi connectivity index (χ3v) is 3.21. The quantitative estimate of drug-likeness (QED) is 0.809. The lowest BCUT2D eigenvalue weighted by Gasteiger charge is -2.08. The van der Waals surface area contributed by atoms with Crippen LogP contribution in [-0.4, -0.2) is 26.9 Å². The predicted molar refractivity (Wildman–Crippen MR) is 77.8 cm³/mol. The predicted octanol–water partition coefficient (Wildman–Crippen LogP) is 0.487. The number of nitrogens with zero attached hydrogens (tertiary/aromatic N) is 3. The van der Waals surface area contributed by atoms with Gasteiger partial charge < -0.3 is 15.0 Å². The molecule has 0 atom stereocenters. The van der Waals surface area contributed by atoms with Crippen LogP contribution < -0.4 is 11.3 Å². The highest BCUT2D eigenvalue weighted by Crippen LogP contribution is 2.14. The van der Waals surface area contributed by atoms with Crippen molar-refractivity contribution < 1.29 is 9.53 Å². The number of nitrogens with two attached hydrogens (primary N) is 1. The number of anilines is 1. The van der Waals surface area contributed by atoms with Crippen molar-refractivity contribution in [3.8, 4) is 0 Å². The Morgan fingerprint density at radius 3 is 2.76 bits per heavy atom. The largest absolute Gasteiger partial charge is 0.462 e. The summed E-state index contributed by atoms with van der Waals surface area (Å²) in [4.78, 5) is 23.2. The van der Waals surface area contributed by atoms with E-state index in [2.05, 4.69) is 5.10 Å². The molecule has 0 radical (unpaired) electrons. The van der Waals surface area contributed by atoms with E-state index in [0.29, 0.717) is 17.9 Å². The maximum Gasteiger partial charge on any atom is 0.327 e. The average molecular weight is 290 g/mol. The number of aromatic nitrogens is 3. The summed E-state index contributed by atoms with van der Waals surface area (Å²) in [6.07, 6.45) is 1.65. The first-order valence-electron chi connectivity index (χ1n) is 6.59. The number of rotatable bonds is 5. The first-order chi connectivity index (χ1) is 9.99. The zero-order valence-electron chi connectivity index (χ0n) is 12.1. The zero-order valence-corrected chi connectivity index (χ0v) is 12.1. The summed E-state index contributed by atoms with van der Waals surface area (Å²) >= 11 is 0. The molecule has 7 nitrogen and oxygen atoms in total. The minimum absolute atomic E-state index is 0.00750. The van der Waals surface area contributed by atoms with Crippen molar-refractivity contribution in [3.63, 3.8) is 0 Å². The molecule has 2 rings (SSSR count). The van der Waals surface area contributed by atoms with E-state index in [0.717, 1.165) is 5.69 Å². The molecule has 0 aromatic carbocycles. The molecule has 0 saturated heterocycles. The highest BCUT2D eigenvalue weighted by Gasteiger charge is 2.12. The maximum atomic E-state index is 11.7. The van der Waals surface area contributed by atoms with E-state index in [1.54, 1.807) is 32.2 Å². The Bertz CT molecular complexity index is 702. The first-order valence-corrected chi connectivity index (χ1v) is 6.59. The molecule has 112 valence electrons. The summed E-state index contributed by atoms with van der Waals surface area (Å²) in [6.45, 7) is 4.05. The van der Waals surface area contributed by atoms with Gasteiger partial charge in [0, 0.05) is 12.3 Å². The second-order valence-corrected chi connectivity index (χ2v) is 4.69. The normalized spacial score (nSPS) is 10.6. The molecular formula is C14H18N4O3. The Morgan fingerprint density at radius 2 is 2.14 bits per heavy atom. The number of carbonyl (C=O) groups is 1. The molecule has 0 unspecified atom stereocenters. The molecule has 2 aromatic rings. The van der Waals surface area contributed by atoms with Crippen molar-refractivity contribution in [1.29, 1.82) is 0 Å². The van der Waals surface area contributed by atoms with E-state index < -0.39 is 5.97 Å². The Balaban J connectivity index is 1.87. The van der Waals surface area contributed by atoms with Gasteiger partial charge in [-0.1, -0.05) is 6.07 Å². The lowest BCUT2D eigenvalue weighted by Crippen LogP contribution is -2.23. The Morgan fingerprint density at radius 1 is 1.38 bits per heavy atom. The van der Waals surface area contributed by atoms with Gasteiger partial charge in [0.2, 0.25) is 0 Å². The van der Waals surface area contributed by atoms with Gasteiger partial charge in [-0.25, -0.2) is 0 Å². The van der Waals surface area contributed by atoms with Crippen molar-refractivity contribution in [2.75, 3.05) is 12.3 Å². The fraction of sp³-hybridized carbons (Fsp3) is 0.357. The van der Waals surface area contributed by atoms with E-state index in [9.17, 15) is 9.59 Å². The van der Waals surface area contributed by atoms with Gasteiger partial charge in [-0.2, -0.15) is 5.10 Å². The van der Waals surface area contributed by atoms with Crippen LogP contribution in [0.15, 0.2) is 29.2 Å². The topological polar surface area (TPSA) is 92.1 Å². The Hall–Kier alpha value is -2.57. The number of carbonyl (C=O) groups excluding carboxylic acids is 1. The standard InChI is InChI=1S/C14H18N4O3/c1-10-14(15)11(2)18(16-10)9-13(20)21-8-7-17-6-4-3-5-12(17)19/h3-6H,7-9,15H2,1-2H3. The van der Waals surface area contributed by atoms with E-state index in [1.807, 2.05) is 0 Å². The number of hydrogen-bond acceptors (Lipinski definition) is 5. The number of pyridine rings is 1. The van der Waals surface area contributed by atoms with Crippen LogP contribution in [0, 0.1) is 13.8 Å². The van der Waals surface area contributed by atoms with E-state index in [4.69, 9.17) is 10.5 Å². The SMILES string of the molecule is Cc1nn(CC(=O)OCCn2ccccc2=O)c(C)c1N. The van der Waals surface area contributed by atoms with Crippen LogP contribution in [0.1, 0.15) is 11.4 Å². The second-order valence-electron chi connectivity index (χ2n) is 4.69. The molecule has 2 N–H and O–H groups in total. The number of aryl methyl sites for hydroxylation is 1. The van der Waals surface area contributed by atoms with Crippen LogP contribution >= 0.6 is 0 Å². The van der Waals surface area contributed by atoms with Gasteiger partial charge in [0.05, 0.1) is 23.6 Å². The summed E-state index contributed by atoms with van der Waals surface area (Å²) in [5.74, 6) is -0.412. The summed E-state index contributed by atoms with van der Waals surface area (Å²) in [6, 6.07) is 4.88. The van der Waals surface area contributed by atoms with Crippen molar-refractivity contribution >= 4 is 11.7 Å². The molecule has 2 heterocycles. The average Bonchev–Trinajstić information content (AvgIpc) is 2.68. The van der Waals surface area contributed by atoms with Crippen LogP contribution in [0.3, 0.4) is 0 Å². The van der Waals surface area contributed by atoms with Crippen molar-refractivity contribution in [1.82, 2.24) is 14.3 Å². The van der Waals surface area contributed by atoms with Crippen molar-refractivity contribution in [2.24, 2.45) is 0 Å². The molecule has 21 heavy (non-hydrogen) atoms. The van der Waals surface area contributed by atoms with Crippen molar-refractivity contribution in [2.45, 2.75) is 26.9 Å². The summed E-state index contributed by atoms with van der Waals surface area (Å²) < 4.78 is 8.10. The minimum atomic E-state index is -0.412. The summed E-state index contributed by atoms with van der Waals surface area (Å²) in [7, 11) is 0. The van der Waals surface area contributed by atoms with Gasteiger partial charge in [0.25, 0.3) is 5.56 Å². The van der Waals surface area contributed by atoms with E-state index >= 15 is 0 Å². The van der Waals surface area contributed by atoms with E-state index in [1.165, 1.54) is 15.3 Å². The molecule has 7 heteroatoms. The van der Waals surface area contributed by atoms with Gasteiger partial charge in [0.1, 0.15) is 13.2 Å². The highest BCUT2D eigenvalue weighted by atomic mass is 16.5. The molecule has 0 fully saturated rings. The third kappa shape index (κ3) is 3.50. The van der Waals surface area contributed by atoms with E-state index in [-0.39, 0.29) is 18.7 Å². The maximum absolute atomic E-state index is 11.7. The van der Waals surface area contributed by atoms with Crippen LogP contribution in [0.5, 0.6) is 0 Å². The number of esters is 1. The summed E-state index contributed by atoms with van der Waals surface area (Å²) in [5.41, 5.74) is 7.69. The molecule has 0 aliphatic heterocycles. The lowest BCUT2D eigenvalue weighted by molar-refractivity contribution is -0.144. The molecule has 0 bridgehead atoms. The highest BCUT2D eigenvalue weighted by molar-refractivity contribution is 5.69. The monoisotopic (exact) mass is 290 g/mol. The van der Waals surface area contributed by atoms with Gasteiger partial charge in [-0.3, -0.25) is 14.3 Å². The number of hydrogen-bond donors (Lipinski definition) is 1. The molecule has 2 aromatic heterocycles. The van der Waals surface area contributed by atoms with Crippen LogP contribution in [0.4, 0.5) is 5.69 Å². The second kappa shape index (κ2) is 6.25. The number of ether oxygens (including phenoxy) is 1. The smallest absolute Gasteiger partial charge is 0.327 e. The van der Waals surface area contributed by atoms with Gasteiger partial charge in [0.15, 0.2) is 0 Å². The van der Waals surface area contributed by atoms with Crippen LogP contribution in [0.2, 0.25) is 0 Å². The van der Waals surface area contributed by atoms with Gasteiger partial charge in [-0.05, 0) is 19.9 Å². The lowest BCUT2D eigenvalue weighted by atomic mass is 10.3. The zero-order chi connectivity index (χ0) is 15.4. The van der Waals surface area contributed by atoms with Gasteiger partial charge >= 0.3 is 5.97 Å². The summed E-state index contributed by atoms with van der Waals surface area (Å²) in [5, 5.41) is 4.17.